The Balaban J connectivity index is 1.49. The maximum atomic E-state index is 6.16. The van der Waals surface area contributed by atoms with Crippen molar-refractivity contribution in [3.8, 4) is 0 Å². The Labute approximate surface area is 138 Å². The highest BCUT2D eigenvalue weighted by Gasteiger charge is 2.41. The average Bonchev–Trinajstić information content (AvgIpc) is 2.63. The normalized spacial score (nSPS) is 33.1. The van der Waals surface area contributed by atoms with Crippen LogP contribution in [0, 0.1) is 5.92 Å². The summed E-state index contributed by atoms with van der Waals surface area (Å²) < 4.78 is 11.7. The first-order valence-corrected chi connectivity index (χ1v) is 9.01. The summed E-state index contributed by atoms with van der Waals surface area (Å²) in [5, 5.41) is 3.64. The van der Waals surface area contributed by atoms with E-state index in [1.165, 1.54) is 19.4 Å². The molecule has 5 heteroatoms. The fourth-order valence-corrected chi connectivity index (χ4v) is 4.35. The highest BCUT2D eigenvalue weighted by Crippen LogP contribution is 2.32. The number of fused-ring (bicyclic) bond motifs is 1. The molecule has 0 amide bonds. The summed E-state index contributed by atoms with van der Waals surface area (Å²) in [5.41, 5.74) is 0. The van der Waals surface area contributed by atoms with Gasteiger partial charge < -0.3 is 14.8 Å². The van der Waals surface area contributed by atoms with Crippen molar-refractivity contribution >= 4 is 5.82 Å². The van der Waals surface area contributed by atoms with E-state index >= 15 is 0 Å². The zero-order chi connectivity index (χ0) is 15.5. The number of ether oxygens (including phenoxy) is 2. The van der Waals surface area contributed by atoms with Gasteiger partial charge in [0.2, 0.25) is 0 Å². The van der Waals surface area contributed by atoms with Gasteiger partial charge in [0.1, 0.15) is 5.82 Å². The Morgan fingerprint density at radius 3 is 2.83 bits per heavy atom. The molecule has 5 nitrogen and oxygen atoms in total. The van der Waals surface area contributed by atoms with Crippen molar-refractivity contribution in [1.82, 2.24) is 9.88 Å². The number of anilines is 1. The minimum atomic E-state index is 0.321. The molecule has 1 aromatic rings. The first-order valence-electron chi connectivity index (χ1n) is 9.01. The fourth-order valence-electron chi connectivity index (χ4n) is 4.35. The molecule has 3 aliphatic rings. The Bertz CT molecular complexity index is 492. The molecule has 1 N–H and O–H groups in total. The van der Waals surface area contributed by atoms with Gasteiger partial charge in [0, 0.05) is 45.1 Å². The summed E-state index contributed by atoms with van der Waals surface area (Å²) in [6, 6.07) is 7.03. The number of rotatable bonds is 3. The monoisotopic (exact) mass is 317 g/mol. The van der Waals surface area contributed by atoms with Crippen molar-refractivity contribution in [3.05, 3.63) is 24.4 Å². The van der Waals surface area contributed by atoms with Gasteiger partial charge in [0.15, 0.2) is 0 Å². The van der Waals surface area contributed by atoms with Crippen LogP contribution in [0.15, 0.2) is 24.4 Å². The maximum absolute atomic E-state index is 6.16. The molecule has 3 fully saturated rings. The lowest BCUT2D eigenvalue weighted by Gasteiger charge is -2.49. The number of nitrogens with zero attached hydrogens (tertiary/aromatic N) is 2. The molecular formula is C18H27N3O2. The van der Waals surface area contributed by atoms with Crippen molar-refractivity contribution in [2.45, 2.75) is 43.9 Å². The second kappa shape index (κ2) is 7.16. The first-order chi connectivity index (χ1) is 11.4. The second-order valence-corrected chi connectivity index (χ2v) is 7.00. The SMILES string of the molecule is c1ccc(N[C@@H]2CN(C3CCOCC3)C[C@@H]3CCCO[C@@H]32)nc1. The molecule has 3 aliphatic heterocycles. The van der Waals surface area contributed by atoms with E-state index in [1.54, 1.807) is 0 Å². The van der Waals surface area contributed by atoms with E-state index in [0.717, 1.165) is 45.0 Å². The number of aromatic nitrogens is 1. The van der Waals surface area contributed by atoms with Crippen LogP contribution in [0.3, 0.4) is 0 Å². The lowest BCUT2D eigenvalue weighted by atomic mass is 9.84. The standard InChI is InChI=1S/C18H27N3O2/c1-2-8-19-17(5-1)20-16-13-21(15-6-10-22-11-7-15)12-14-4-3-9-23-18(14)16/h1-2,5,8,14-16,18H,3-4,6-7,9-13H2,(H,19,20)/t14-,16+,18-/m0/s1. The molecule has 4 rings (SSSR count). The number of hydrogen-bond donors (Lipinski definition) is 1. The van der Waals surface area contributed by atoms with Crippen LogP contribution < -0.4 is 5.32 Å². The number of hydrogen-bond acceptors (Lipinski definition) is 5. The van der Waals surface area contributed by atoms with E-state index in [4.69, 9.17) is 9.47 Å². The van der Waals surface area contributed by atoms with E-state index in [0.29, 0.717) is 24.1 Å². The van der Waals surface area contributed by atoms with Crippen LogP contribution in [0.2, 0.25) is 0 Å². The van der Waals surface area contributed by atoms with Gasteiger partial charge in [0.25, 0.3) is 0 Å². The van der Waals surface area contributed by atoms with Crippen molar-refractivity contribution in [3.63, 3.8) is 0 Å². The molecule has 0 spiro atoms. The minimum absolute atomic E-state index is 0.321. The van der Waals surface area contributed by atoms with Gasteiger partial charge in [0.05, 0.1) is 12.1 Å². The molecule has 126 valence electrons. The Morgan fingerprint density at radius 1 is 1.09 bits per heavy atom. The molecule has 1 aromatic heterocycles. The first kappa shape index (κ1) is 15.4. The maximum Gasteiger partial charge on any atom is 0.126 e. The summed E-state index contributed by atoms with van der Waals surface area (Å²) in [6.07, 6.45) is 6.97. The van der Waals surface area contributed by atoms with Gasteiger partial charge >= 0.3 is 0 Å². The molecular weight excluding hydrogens is 290 g/mol. The van der Waals surface area contributed by atoms with Gasteiger partial charge in [-0.3, -0.25) is 4.90 Å². The fraction of sp³-hybridized carbons (Fsp3) is 0.722. The quantitative estimate of drug-likeness (QED) is 0.925. The predicted molar refractivity (Wildman–Crippen MR) is 89.5 cm³/mol. The molecule has 0 saturated carbocycles. The zero-order valence-electron chi connectivity index (χ0n) is 13.7. The van der Waals surface area contributed by atoms with Gasteiger partial charge in [-0.1, -0.05) is 6.07 Å². The highest BCUT2D eigenvalue weighted by atomic mass is 16.5. The topological polar surface area (TPSA) is 46.6 Å². The summed E-state index contributed by atoms with van der Waals surface area (Å²) in [4.78, 5) is 7.12. The summed E-state index contributed by atoms with van der Waals surface area (Å²) in [6.45, 7) is 4.94. The van der Waals surface area contributed by atoms with Crippen molar-refractivity contribution in [2.75, 3.05) is 38.2 Å². The van der Waals surface area contributed by atoms with E-state index in [-0.39, 0.29) is 0 Å². The molecule has 23 heavy (non-hydrogen) atoms. The lowest BCUT2D eigenvalue weighted by molar-refractivity contribution is -0.0884. The number of pyridine rings is 1. The molecule has 0 unspecified atom stereocenters. The molecule has 3 atom stereocenters. The smallest absolute Gasteiger partial charge is 0.126 e. The predicted octanol–water partition coefficient (Wildman–Crippen LogP) is 2.15. The third-order valence-electron chi connectivity index (χ3n) is 5.50. The molecule has 4 heterocycles. The number of likely N-dealkylation sites (tertiary alicyclic amines) is 1. The second-order valence-electron chi connectivity index (χ2n) is 7.00. The van der Waals surface area contributed by atoms with Crippen LogP contribution in [0.4, 0.5) is 5.82 Å². The van der Waals surface area contributed by atoms with Crippen molar-refractivity contribution < 1.29 is 9.47 Å². The third-order valence-corrected chi connectivity index (χ3v) is 5.50. The summed E-state index contributed by atoms with van der Waals surface area (Å²) in [7, 11) is 0. The van der Waals surface area contributed by atoms with E-state index in [1.807, 2.05) is 24.4 Å². The van der Waals surface area contributed by atoms with Gasteiger partial charge in [-0.15, -0.1) is 0 Å². The lowest BCUT2D eigenvalue weighted by Crippen LogP contribution is -2.60. The molecule has 0 radical (unpaired) electrons. The molecule has 3 saturated heterocycles. The van der Waals surface area contributed by atoms with Crippen LogP contribution >= 0.6 is 0 Å². The largest absolute Gasteiger partial charge is 0.381 e. The van der Waals surface area contributed by atoms with Crippen molar-refractivity contribution in [2.24, 2.45) is 5.92 Å². The minimum Gasteiger partial charge on any atom is -0.381 e. The molecule has 0 aliphatic carbocycles. The number of piperidine rings is 1. The highest BCUT2D eigenvalue weighted by molar-refractivity contribution is 5.35. The zero-order valence-corrected chi connectivity index (χ0v) is 13.7. The third kappa shape index (κ3) is 3.52. The Kier molecular flexibility index (Phi) is 4.78. The van der Waals surface area contributed by atoms with Gasteiger partial charge in [-0.05, 0) is 43.7 Å². The Morgan fingerprint density at radius 2 is 2.00 bits per heavy atom. The van der Waals surface area contributed by atoms with Crippen LogP contribution in [0.5, 0.6) is 0 Å². The summed E-state index contributed by atoms with van der Waals surface area (Å²) >= 11 is 0. The molecule has 0 aromatic carbocycles. The molecule has 0 bridgehead atoms. The van der Waals surface area contributed by atoms with Crippen LogP contribution in [-0.2, 0) is 9.47 Å². The van der Waals surface area contributed by atoms with Crippen molar-refractivity contribution in [1.29, 1.82) is 0 Å². The van der Waals surface area contributed by atoms with Crippen LogP contribution in [-0.4, -0.2) is 61.0 Å². The van der Waals surface area contributed by atoms with Crippen LogP contribution in [0.25, 0.3) is 0 Å². The number of nitrogens with one attached hydrogen (secondary N) is 1. The average molecular weight is 317 g/mol. The van der Waals surface area contributed by atoms with Gasteiger partial charge in [-0.25, -0.2) is 4.98 Å². The van der Waals surface area contributed by atoms with E-state index in [2.05, 4.69) is 15.2 Å². The van der Waals surface area contributed by atoms with E-state index in [9.17, 15) is 0 Å². The summed E-state index contributed by atoms with van der Waals surface area (Å²) in [5.74, 6) is 1.60. The van der Waals surface area contributed by atoms with E-state index < -0.39 is 0 Å². The van der Waals surface area contributed by atoms with Gasteiger partial charge in [-0.2, -0.15) is 0 Å². The van der Waals surface area contributed by atoms with Crippen LogP contribution in [0.1, 0.15) is 25.7 Å². The Hall–Kier alpha value is -1.17.